The molecule has 0 amide bonds. The van der Waals surface area contributed by atoms with E-state index in [1.807, 2.05) is 17.5 Å². The summed E-state index contributed by atoms with van der Waals surface area (Å²) < 4.78 is 5.18. The van der Waals surface area contributed by atoms with Gasteiger partial charge >= 0.3 is 5.97 Å². The molecule has 1 aromatic carbocycles. The second-order valence-corrected chi connectivity index (χ2v) is 5.88. The molecule has 1 aromatic heterocycles. The average molecular weight is 289 g/mol. The Morgan fingerprint density at radius 1 is 1.40 bits per heavy atom. The second kappa shape index (κ2) is 4.90. The van der Waals surface area contributed by atoms with Crippen LogP contribution in [0.15, 0.2) is 29.6 Å². The first-order valence-electron chi connectivity index (χ1n) is 6.45. The second-order valence-electron chi connectivity index (χ2n) is 5.03. The van der Waals surface area contributed by atoms with Crippen molar-refractivity contribution in [3.63, 3.8) is 0 Å². The number of thiazole rings is 1. The highest BCUT2D eigenvalue weighted by molar-refractivity contribution is 7.09. The minimum atomic E-state index is -0.837. The number of ether oxygens (including phenoxy) is 1. The van der Waals surface area contributed by atoms with Crippen molar-refractivity contribution in [2.75, 3.05) is 7.11 Å². The molecule has 1 N–H and O–H groups in total. The lowest BCUT2D eigenvalue weighted by molar-refractivity contribution is -0.136. The molecule has 4 nitrogen and oxygen atoms in total. The van der Waals surface area contributed by atoms with Crippen molar-refractivity contribution in [2.45, 2.75) is 24.7 Å². The van der Waals surface area contributed by atoms with Crippen LogP contribution in [0, 0.1) is 0 Å². The number of aromatic nitrogens is 1. The zero-order chi connectivity index (χ0) is 14.2. The van der Waals surface area contributed by atoms with E-state index < -0.39 is 5.97 Å². The van der Waals surface area contributed by atoms with Crippen LogP contribution in [-0.4, -0.2) is 23.2 Å². The van der Waals surface area contributed by atoms with Crippen LogP contribution >= 0.6 is 11.3 Å². The number of carboxylic acid groups (broad SMARTS) is 1. The molecule has 0 saturated heterocycles. The molecule has 0 unspecified atom stereocenters. The van der Waals surface area contributed by atoms with Crippen LogP contribution in [0.1, 0.15) is 29.1 Å². The van der Waals surface area contributed by atoms with Crippen LogP contribution in [0.3, 0.4) is 0 Å². The topological polar surface area (TPSA) is 59.4 Å². The summed E-state index contributed by atoms with van der Waals surface area (Å²) in [4.78, 5) is 15.2. The van der Waals surface area contributed by atoms with E-state index in [0.29, 0.717) is 5.69 Å². The van der Waals surface area contributed by atoms with E-state index in [9.17, 15) is 4.79 Å². The Kier molecular flexibility index (Phi) is 3.22. The molecule has 2 aromatic rings. The number of hydrogen-bond donors (Lipinski definition) is 1. The van der Waals surface area contributed by atoms with Gasteiger partial charge < -0.3 is 9.84 Å². The molecule has 1 aliphatic rings. The van der Waals surface area contributed by atoms with E-state index in [-0.39, 0.29) is 11.8 Å². The Morgan fingerprint density at radius 2 is 2.10 bits per heavy atom. The molecule has 1 saturated carbocycles. The van der Waals surface area contributed by atoms with E-state index in [4.69, 9.17) is 9.84 Å². The number of carbonyl (C=O) groups is 1. The summed E-state index contributed by atoms with van der Waals surface area (Å²) in [5, 5.41) is 11.7. The maximum atomic E-state index is 10.7. The number of nitrogens with zero attached hydrogens (tertiary/aromatic N) is 1. The van der Waals surface area contributed by atoms with Crippen molar-refractivity contribution < 1.29 is 14.6 Å². The van der Waals surface area contributed by atoms with Crippen molar-refractivity contribution in [3.8, 4) is 5.75 Å². The lowest BCUT2D eigenvalue weighted by Gasteiger charge is -2.13. The zero-order valence-electron chi connectivity index (χ0n) is 11.1. The lowest BCUT2D eigenvalue weighted by Crippen LogP contribution is -2.09. The van der Waals surface area contributed by atoms with Gasteiger partial charge in [0.05, 0.1) is 19.2 Å². The van der Waals surface area contributed by atoms with Crippen LogP contribution in [-0.2, 0) is 16.6 Å². The Balaban J connectivity index is 1.87. The minimum absolute atomic E-state index is 0.00477. The highest BCUT2D eigenvalue weighted by Crippen LogP contribution is 2.54. The molecule has 0 aliphatic heterocycles. The molecule has 0 bridgehead atoms. The van der Waals surface area contributed by atoms with Crippen LogP contribution in [0.4, 0.5) is 0 Å². The summed E-state index contributed by atoms with van der Waals surface area (Å²) >= 11 is 1.56. The van der Waals surface area contributed by atoms with Gasteiger partial charge in [0, 0.05) is 10.8 Å². The maximum absolute atomic E-state index is 10.7. The predicted octanol–water partition coefficient (Wildman–Crippen LogP) is 2.86. The van der Waals surface area contributed by atoms with E-state index in [1.165, 1.54) is 5.56 Å². The molecule has 1 fully saturated rings. The third-order valence-electron chi connectivity index (χ3n) is 3.69. The SMILES string of the molecule is COc1ccc(C2(c3nc(CC(=O)O)cs3)CC2)cc1. The number of hydrogen-bond acceptors (Lipinski definition) is 4. The highest BCUT2D eigenvalue weighted by Gasteiger charge is 2.48. The molecule has 3 rings (SSSR count). The molecular weight excluding hydrogens is 274 g/mol. The van der Waals surface area contributed by atoms with Crippen LogP contribution < -0.4 is 4.74 Å². The Labute approximate surface area is 121 Å². The normalized spacial score (nSPS) is 15.8. The number of aliphatic carboxylic acids is 1. The third kappa shape index (κ3) is 2.29. The molecule has 20 heavy (non-hydrogen) atoms. The first-order chi connectivity index (χ1) is 9.64. The minimum Gasteiger partial charge on any atom is -0.497 e. The van der Waals surface area contributed by atoms with Crippen molar-refractivity contribution in [1.82, 2.24) is 4.98 Å². The molecule has 1 aliphatic carbocycles. The summed E-state index contributed by atoms with van der Waals surface area (Å²) in [7, 11) is 1.65. The van der Waals surface area contributed by atoms with Crippen LogP contribution in [0.2, 0.25) is 0 Å². The Morgan fingerprint density at radius 3 is 2.65 bits per heavy atom. The Hall–Kier alpha value is -1.88. The van der Waals surface area contributed by atoms with Gasteiger partial charge in [0.25, 0.3) is 0 Å². The van der Waals surface area contributed by atoms with E-state index >= 15 is 0 Å². The van der Waals surface area contributed by atoms with Gasteiger partial charge in [-0.25, -0.2) is 4.98 Å². The van der Waals surface area contributed by atoms with Gasteiger partial charge in [-0.1, -0.05) is 12.1 Å². The van der Waals surface area contributed by atoms with Crippen molar-refractivity contribution >= 4 is 17.3 Å². The summed E-state index contributed by atoms with van der Waals surface area (Å²) in [6.07, 6.45) is 2.13. The van der Waals surface area contributed by atoms with Gasteiger partial charge in [-0.3, -0.25) is 4.79 Å². The highest BCUT2D eigenvalue weighted by atomic mass is 32.1. The lowest BCUT2D eigenvalue weighted by atomic mass is 9.96. The Bertz CT molecular complexity index is 629. The van der Waals surface area contributed by atoms with Gasteiger partial charge in [0.2, 0.25) is 0 Å². The fourth-order valence-electron chi connectivity index (χ4n) is 2.42. The summed E-state index contributed by atoms with van der Waals surface area (Å²) in [6, 6.07) is 8.07. The van der Waals surface area contributed by atoms with E-state index in [0.717, 1.165) is 23.6 Å². The van der Waals surface area contributed by atoms with Gasteiger partial charge in [0.1, 0.15) is 10.8 Å². The number of carboxylic acids is 1. The van der Waals surface area contributed by atoms with Crippen molar-refractivity contribution in [1.29, 1.82) is 0 Å². The monoisotopic (exact) mass is 289 g/mol. The number of rotatable bonds is 5. The largest absolute Gasteiger partial charge is 0.497 e. The third-order valence-corrected chi connectivity index (χ3v) is 4.78. The summed E-state index contributed by atoms with van der Waals surface area (Å²) in [5.41, 5.74) is 1.88. The predicted molar refractivity (Wildman–Crippen MR) is 76.5 cm³/mol. The van der Waals surface area contributed by atoms with Gasteiger partial charge in [-0.05, 0) is 30.5 Å². The summed E-state index contributed by atoms with van der Waals surface area (Å²) in [5.74, 6) is 0.00593. The molecular formula is C15H15NO3S. The maximum Gasteiger partial charge on any atom is 0.309 e. The van der Waals surface area contributed by atoms with Gasteiger partial charge in [-0.15, -0.1) is 11.3 Å². The standard InChI is InChI=1S/C15H15NO3S/c1-19-12-4-2-10(3-5-12)15(6-7-15)14-16-11(9-20-14)8-13(17)18/h2-5,9H,6-8H2,1H3,(H,17,18). The van der Waals surface area contributed by atoms with Gasteiger partial charge in [0.15, 0.2) is 0 Å². The molecule has 0 spiro atoms. The average Bonchev–Trinajstić information content (AvgIpc) is 3.13. The molecule has 0 radical (unpaired) electrons. The van der Waals surface area contributed by atoms with Crippen molar-refractivity contribution in [3.05, 3.63) is 45.9 Å². The van der Waals surface area contributed by atoms with Crippen LogP contribution in [0.25, 0.3) is 0 Å². The fraction of sp³-hybridized carbons (Fsp3) is 0.333. The molecule has 0 atom stereocenters. The smallest absolute Gasteiger partial charge is 0.309 e. The molecule has 1 heterocycles. The molecule has 5 heteroatoms. The van der Waals surface area contributed by atoms with E-state index in [1.54, 1.807) is 18.4 Å². The van der Waals surface area contributed by atoms with Crippen molar-refractivity contribution in [2.24, 2.45) is 0 Å². The fourth-order valence-corrected chi connectivity index (χ4v) is 3.53. The summed E-state index contributed by atoms with van der Waals surface area (Å²) in [6.45, 7) is 0. The molecule has 104 valence electrons. The van der Waals surface area contributed by atoms with E-state index in [2.05, 4.69) is 17.1 Å². The first kappa shape index (κ1) is 13.1. The van der Waals surface area contributed by atoms with Crippen LogP contribution in [0.5, 0.6) is 5.75 Å². The van der Waals surface area contributed by atoms with Gasteiger partial charge in [-0.2, -0.15) is 0 Å². The quantitative estimate of drug-likeness (QED) is 0.919. The number of methoxy groups -OCH3 is 1. The zero-order valence-corrected chi connectivity index (χ0v) is 11.9. The number of benzene rings is 1. The first-order valence-corrected chi connectivity index (χ1v) is 7.33.